The number of para-hydroxylation sites is 1. The standard InChI is InChI=1S/C69H83N13O12S/c1-41(2)57(77-54(83)27-30-81-55(84)24-25-56(81)85)61(88)74-51(16-12-28-71-63(70)91)60(87)73-45-20-18-43(19-21-45)35-93-65(92)79(8)31-32-94-69-37-66(4,5)36-68(69,7)38-67(6,39-69)40-82-42(3)48(33-72-82)46-22-23-53(76-58(46)62(89)90)80-29-26-44-13-11-14-47(49(44)34-80)59(86)78-64-75-50-15-9-10-17-52(50)95-64/h9-11,13-15,17-25,33,41,51,57H,12,16,26-32,34-40H2,1-8H3,(H,73,87)(H,74,88)(H,77,83)(H,89,90)(H3,70,71,91)(H,75,78,86)/t51-,57-,67?,68?,69?/m0/s1. The van der Waals surface area contributed by atoms with Crippen LogP contribution in [-0.2, 0) is 59.6 Å². The zero-order chi connectivity index (χ0) is 68.1. The minimum absolute atomic E-state index is 0.00487. The predicted octanol–water partition coefficient (Wildman–Crippen LogP) is 8.35. The third-order valence-electron chi connectivity index (χ3n) is 18.7. The van der Waals surface area contributed by atoms with Crippen molar-refractivity contribution >= 4 is 91.7 Å². The van der Waals surface area contributed by atoms with E-state index in [1.807, 2.05) is 59.0 Å². The van der Waals surface area contributed by atoms with Gasteiger partial charge in [-0.3, -0.25) is 43.7 Å². The second-order valence-electron chi connectivity index (χ2n) is 27.2. The van der Waals surface area contributed by atoms with E-state index in [2.05, 4.69) is 59.3 Å². The number of nitrogens with one attached hydrogen (secondary N) is 5. The van der Waals surface area contributed by atoms with Crippen molar-refractivity contribution in [2.75, 3.05) is 55.4 Å². The SMILES string of the molecule is Cc1c(-c2ccc(N3CCc4cccc(C(=O)Nc5nc6ccccc6s5)c4C3)nc2C(=O)O)cnn1CC1(C)CC2(C)CC(C)(C)CC2(OCCN(C)C(=O)OCc2ccc(NC(=O)[C@H](CCCNC(N)=O)NC(=O)[C@@H](NC(=O)CCN3C(=O)C=CC3=O)C(C)C)cc2)C1. The average Bonchev–Trinajstić information content (AvgIpc) is 1.54. The number of urea groups is 1. The highest BCUT2D eigenvalue weighted by atomic mass is 32.1. The number of aromatic nitrogens is 4. The number of likely N-dealkylation sites (N-methyl/N-ethyl adjacent to an activating group) is 1. The van der Waals surface area contributed by atoms with Gasteiger partial charge >= 0.3 is 18.1 Å². The summed E-state index contributed by atoms with van der Waals surface area (Å²) in [6, 6.07) is 20.8. The van der Waals surface area contributed by atoms with Crippen LogP contribution in [0.3, 0.4) is 0 Å². The summed E-state index contributed by atoms with van der Waals surface area (Å²) in [7, 11) is 1.66. The number of aromatic carboxylic acids is 1. The summed E-state index contributed by atoms with van der Waals surface area (Å²) in [6.07, 6.45) is 7.48. The Balaban J connectivity index is 0.723. The van der Waals surface area contributed by atoms with Crippen LogP contribution in [0.25, 0.3) is 21.3 Å². The van der Waals surface area contributed by atoms with E-state index in [1.165, 1.54) is 16.2 Å². The number of thiazole rings is 1. The molecule has 0 saturated heterocycles. The number of ether oxygens (including phenoxy) is 2. The van der Waals surface area contributed by atoms with Gasteiger partial charge in [-0.2, -0.15) is 5.10 Å². The molecule has 5 heterocycles. The molecule has 10 rings (SSSR count). The van der Waals surface area contributed by atoms with Gasteiger partial charge in [-0.05, 0) is 133 Å². The molecule has 8 N–H and O–H groups in total. The zero-order valence-corrected chi connectivity index (χ0v) is 55.7. The van der Waals surface area contributed by atoms with E-state index in [1.54, 1.807) is 63.5 Å². The first-order valence-electron chi connectivity index (χ1n) is 32.0. The van der Waals surface area contributed by atoms with E-state index >= 15 is 0 Å². The number of hydrogen-bond donors (Lipinski definition) is 7. The lowest BCUT2D eigenvalue weighted by molar-refractivity contribution is -0.137. The molecule has 2 aliphatic heterocycles. The molecule has 502 valence electrons. The number of hydrogen-bond acceptors (Lipinski definition) is 16. The molecule has 26 heteroatoms. The molecule has 3 aromatic heterocycles. The number of rotatable bonds is 26. The maximum atomic E-state index is 13.8. The van der Waals surface area contributed by atoms with Crippen molar-refractivity contribution in [3.8, 4) is 11.1 Å². The summed E-state index contributed by atoms with van der Waals surface area (Å²) >= 11 is 1.41. The number of carbonyl (C=O) groups excluding carboxylic acids is 8. The molecule has 4 aliphatic rings. The average molecular weight is 1320 g/mol. The number of anilines is 3. The topological polar surface area (TPSA) is 332 Å². The number of carboxylic acids is 1. The van der Waals surface area contributed by atoms with Crippen molar-refractivity contribution in [1.82, 2.24) is 45.5 Å². The van der Waals surface area contributed by atoms with Crippen molar-refractivity contribution in [1.29, 1.82) is 0 Å². The second-order valence-corrected chi connectivity index (χ2v) is 28.2. The van der Waals surface area contributed by atoms with Gasteiger partial charge in [0.25, 0.3) is 17.7 Å². The number of imide groups is 1. The quantitative estimate of drug-likeness (QED) is 0.0198. The number of primary amides is 1. The van der Waals surface area contributed by atoms with Crippen molar-refractivity contribution in [3.63, 3.8) is 0 Å². The van der Waals surface area contributed by atoms with E-state index < -0.39 is 71.2 Å². The van der Waals surface area contributed by atoms with E-state index in [0.29, 0.717) is 64.9 Å². The Hall–Kier alpha value is -9.56. The summed E-state index contributed by atoms with van der Waals surface area (Å²) in [5.74, 6) is -4.21. The second kappa shape index (κ2) is 28.2. The summed E-state index contributed by atoms with van der Waals surface area (Å²) in [5, 5.41) is 29.7. The Bertz CT molecular complexity index is 3950. The molecule has 9 amide bonds. The van der Waals surface area contributed by atoms with E-state index in [4.69, 9.17) is 25.3 Å². The lowest BCUT2D eigenvalue weighted by atomic mass is 9.76. The molecule has 0 radical (unpaired) electrons. The number of fused-ring (bicyclic) bond motifs is 3. The van der Waals surface area contributed by atoms with Gasteiger partial charge in [0.15, 0.2) is 10.8 Å². The molecule has 2 aliphatic carbocycles. The number of carboxylic acid groups (broad SMARTS) is 1. The number of carbonyl (C=O) groups is 9. The number of amides is 9. The van der Waals surface area contributed by atoms with Crippen LogP contribution in [0.5, 0.6) is 0 Å². The van der Waals surface area contributed by atoms with Gasteiger partial charge in [0, 0.05) is 93.0 Å². The molecule has 6 aromatic rings. The van der Waals surface area contributed by atoms with Crippen molar-refractivity contribution in [2.24, 2.45) is 27.9 Å². The first-order chi connectivity index (χ1) is 45.1. The lowest BCUT2D eigenvalue weighted by Gasteiger charge is -2.38. The monoisotopic (exact) mass is 1320 g/mol. The molecule has 25 nitrogen and oxygen atoms in total. The van der Waals surface area contributed by atoms with E-state index in [0.717, 1.165) is 69.8 Å². The smallest absolute Gasteiger partial charge is 0.409 e. The summed E-state index contributed by atoms with van der Waals surface area (Å²) in [5.41, 5.74) is 10.3. The maximum absolute atomic E-state index is 13.8. The van der Waals surface area contributed by atoms with Crippen LogP contribution >= 0.6 is 11.3 Å². The highest BCUT2D eigenvalue weighted by Crippen LogP contribution is 2.69. The van der Waals surface area contributed by atoms with Crippen LogP contribution in [0.15, 0.2) is 97.2 Å². The summed E-state index contributed by atoms with van der Waals surface area (Å²) < 4.78 is 15.7. The molecule has 95 heavy (non-hydrogen) atoms. The summed E-state index contributed by atoms with van der Waals surface area (Å²) in [6.45, 7) is 16.4. The normalized spacial score (nSPS) is 20.1. The summed E-state index contributed by atoms with van der Waals surface area (Å²) in [4.78, 5) is 130. The minimum Gasteiger partial charge on any atom is -0.476 e. The van der Waals surface area contributed by atoms with Gasteiger partial charge in [-0.15, -0.1) is 0 Å². The number of benzene rings is 3. The molecule has 3 aromatic carbocycles. The highest BCUT2D eigenvalue weighted by molar-refractivity contribution is 7.22. The molecule has 3 unspecified atom stereocenters. The fraction of sp³-hybridized carbons (Fsp3) is 0.449. The van der Waals surface area contributed by atoms with Crippen LogP contribution in [0.4, 0.5) is 26.2 Å². The lowest BCUT2D eigenvalue weighted by Crippen LogP contribution is -2.54. The van der Waals surface area contributed by atoms with Gasteiger partial charge < -0.3 is 51.4 Å². The number of nitrogens with zero attached hydrogens (tertiary/aromatic N) is 7. The van der Waals surface area contributed by atoms with Crippen molar-refractivity contribution in [2.45, 2.75) is 137 Å². The molecule has 0 spiro atoms. The molecule has 2 fully saturated rings. The van der Waals surface area contributed by atoms with E-state index in [9.17, 15) is 48.3 Å². The zero-order valence-electron chi connectivity index (χ0n) is 54.8. The Morgan fingerprint density at radius 1 is 0.842 bits per heavy atom. The van der Waals surface area contributed by atoms with Crippen LogP contribution < -0.4 is 37.2 Å². The Kier molecular flexibility index (Phi) is 20.3. The number of pyridine rings is 1. The molecule has 2 saturated carbocycles. The molecule has 5 atom stereocenters. The Labute approximate surface area is 554 Å². The fourth-order valence-electron chi connectivity index (χ4n) is 14.5. The van der Waals surface area contributed by atoms with Crippen LogP contribution in [0.1, 0.15) is 130 Å². The van der Waals surface area contributed by atoms with Crippen LogP contribution in [0.2, 0.25) is 0 Å². The highest BCUT2D eigenvalue weighted by Gasteiger charge is 2.67. The first-order valence-corrected chi connectivity index (χ1v) is 32.8. The third kappa shape index (κ3) is 15.7. The Morgan fingerprint density at radius 2 is 1.59 bits per heavy atom. The largest absolute Gasteiger partial charge is 0.476 e. The molecular formula is C69H83N13O12S. The van der Waals surface area contributed by atoms with Crippen LogP contribution in [-0.4, -0.2) is 146 Å². The van der Waals surface area contributed by atoms with Gasteiger partial charge in [0.1, 0.15) is 24.5 Å². The van der Waals surface area contributed by atoms with Gasteiger partial charge in [0.05, 0.1) is 28.6 Å². The minimum atomic E-state index is -1.17. The first kappa shape index (κ1) is 68.3. The van der Waals surface area contributed by atoms with E-state index in [-0.39, 0.29) is 80.0 Å². The van der Waals surface area contributed by atoms with Crippen molar-refractivity contribution in [3.05, 3.63) is 131 Å². The Morgan fingerprint density at radius 3 is 2.31 bits per heavy atom. The van der Waals surface area contributed by atoms with Gasteiger partial charge in [-0.25, -0.2) is 24.4 Å². The predicted molar refractivity (Wildman–Crippen MR) is 357 cm³/mol. The molecule has 0 bridgehead atoms. The van der Waals surface area contributed by atoms with Gasteiger partial charge in [0.2, 0.25) is 17.7 Å². The fourth-order valence-corrected chi connectivity index (χ4v) is 15.4. The number of nitrogens with two attached hydrogens (primary N) is 1. The van der Waals surface area contributed by atoms with Gasteiger partial charge in [-0.1, -0.05) is 89.3 Å². The van der Waals surface area contributed by atoms with Crippen molar-refractivity contribution < 1.29 is 57.7 Å². The third-order valence-corrected chi connectivity index (χ3v) is 19.6. The maximum Gasteiger partial charge on any atom is 0.409 e. The van der Waals surface area contributed by atoms with Crippen LogP contribution in [0, 0.1) is 29.1 Å². The molecular weight excluding hydrogens is 1230 g/mol.